The molecule has 1 heterocycles. The molecule has 0 saturated carbocycles. The van der Waals surface area contributed by atoms with Crippen LogP contribution in [0.5, 0.6) is 0 Å². The molecule has 5 nitrogen and oxygen atoms in total. The summed E-state index contributed by atoms with van der Waals surface area (Å²) in [7, 11) is 0. The Kier molecular flexibility index (Phi) is 6.33. The van der Waals surface area contributed by atoms with Crippen molar-refractivity contribution in [1.82, 2.24) is 15.1 Å². The quantitative estimate of drug-likeness (QED) is 0.425. The molecule has 5 heteroatoms. The number of carbonyl (C=O) groups excluding carboxylic acids is 2. The minimum Gasteiger partial charge on any atom is -0.352 e. The van der Waals surface area contributed by atoms with E-state index in [-0.39, 0.29) is 24.5 Å². The van der Waals surface area contributed by atoms with Gasteiger partial charge < -0.3 is 5.32 Å². The molecule has 3 aromatic carbocycles. The molecule has 154 valence electrons. The van der Waals surface area contributed by atoms with E-state index in [1.165, 1.54) is 0 Å². The van der Waals surface area contributed by atoms with Crippen LogP contribution in [-0.2, 0) is 11.3 Å². The molecule has 0 spiro atoms. The van der Waals surface area contributed by atoms with E-state index in [9.17, 15) is 9.59 Å². The molecule has 0 unspecified atom stereocenters. The minimum atomic E-state index is -0.157. The molecular weight excluding hydrogens is 386 g/mol. The zero-order valence-electron chi connectivity index (χ0n) is 17.1. The van der Waals surface area contributed by atoms with Crippen LogP contribution in [0.3, 0.4) is 0 Å². The summed E-state index contributed by atoms with van der Waals surface area (Å²) in [5.41, 5.74) is 4.31. The molecule has 0 aliphatic carbocycles. The topological polar surface area (TPSA) is 64.0 Å². The van der Waals surface area contributed by atoms with Crippen molar-refractivity contribution < 1.29 is 9.59 Å². The second-order valence-electron chi connectivity index (χ2n) is 7.22. The molecule has 0 bridgehead atoms. The van der Waals surface area contributed by atoms with Crippen LogP contribution >= 0.6 is 0 Å². The molecular formula is C26H23N3O2. The zero-order chi connectivity index (χ0) is 21.5. The lowest BCUT2D eigenvalue weighted by atomic mass is 10.1. The van der Waals surface area contributed by atoms with E-state index in [1.54, 1.807) is 12.1 Å². The maximum Gasteiger partial charge on any atom is 0.220 e. The van der Waals surface area contributed by atoms with E-state index in [4.69, 9.17) is 5.10 Å². The van der Waals surface area contributed by atoms with Gasteiger partial charge in [-0.25, -0.2) is 4.68 Å². The highest BCUT2D eigenvalue weighted by atomic mass is 16.2. The second kappa shape index (κ2) is 9.67. The lowest BCUT2D eigenvalue weighted by Gasteiger charge is -2.06. The molecule has 1 aromatic heterocycles. The van der Waals surface area contributed by atoms with E-state index in [1.807, 2.05) is 89.7 Å². The van der Waals surface area contributed by atoms with Crippen molar-refractivity contribution in [3.05, 3.63) is 108 Å². The van der Waals surface area contributed by atoms with Gasteiger partial charge in [0.15, 0.2) is 5.78 Å². The largest absolute Gasteiger partial charge is 0.352 e. The van der Waals surface area contributed by atoms with Crippen molar-refractivity contribution in [2.24, 2.45) is 0 Å². The molecule has 0 aliphatic heterocycles. The van der Waals surface area contributed by atoms with Crippen molar-refractivity contribution in [3.8, 4) is 16.9 Å². The van der Waals surface area contributed by atoms with Crippen LogP contribution in [0.1, 0.15) is 28.8 Å². The van der Waals surface area contributed by atoms with Gasteiger partial charge in [0.1, 0.15) is 0 Å². The third-order valence-corrected chi connectivity index (χ3v) is 5.01. The summed E-state index contributed by atoms with van der Waals surface area (Å²) in [6, 6.07) is 28.8. The molecule has 31 heavy (non-hydrogen) atoms. The van der Waals surface area contributed by atoms with Crippen LogP contribution < -0.4 is 5.32 Å². The van der Waals surface area contributed by atoms with Crippen LogP contribution in [-0.4, -0.2) is 21.5 Å². The van der Waals surface area contributed by atoms with Gasteiger partial charge >= 0.3 is 0 Å². The van der Waals surface area contributed by atoms with Crippen molar-refractivity contribution in [2.45, 2.75) is 19.4 Å². The summed E-state index contributed by atoms with van der Waals surface area (Å²) in [6.07, 6.45) is 2.28. The fourth-order valence-electron chi connectivity index (χ4n) is 3.37. The SMILES string of the molecule is O=C(CCC(=O)c1ccccc1)NCc1cn(-c2ccccc2)nc1-c1ccccc1. The van der Waals surface area contributed by atoms with Gasteiger partial charge in [0.25, 0.3) is 0 Å². The van der Waals surface area contributed by atoms with Gasteiger partial charge in [-0.05, 0) is 12.1 Å². The van der Waals surface area contributed by atoms with Crippen LogP contribution in [0.2, 0.25) is 0 Å². The van der Waals surface area contributed by atoms with Gasteiger partial charge in [0.2, 0.25) is 5.91 Å². The average Bonchev–Trinajstić information content (AvgIpc) is 3.27. The number of benzene rings is 3. The summed E-state index contributed by atoms with van der Waals surface area (Å²) in [5, 5.41) is 7.69. The van der Waals surface area contributed by atoms with E-state index >= 15 is 0 Å². The van der Waals surface area contributed by atoms with Crippen LogP contribution in [0.25, 0.3) is 16.9 Å². The second-order valence-corrected chi connectivity index (χ2v) is 7.22. The Morgan fingerprint density at radius 2 is 1.39 bits per heavy atom. The highest BCUT2D eigenvalue weighted by molar-refractivity contribution is 5.97. The Hall–Kier alpha value is -3.99. The normalized spacial score (nSPS) is 10.6. The number of hydrogen-bond donors (Lipinski definition) is 1. The van der Waals surface area contributed by atoms with Crippen molar-refractivity contribution in [1.29, 1.82) is 0 Å². The molecule has 4 aromatic rings. The van der Waals surface area contributed by atoms with E-state index < -0.39 is 0 Å². The first-order chi connectivity index (χ1) is 15.2. The van der Waals surface area contributed by atoms with E-state index in [0.29, 0.717) is 12.1 Å². The first kappa shape index (κ1) is 20.3. The molecule has 0 fully saturated rings. The smallest absolute Gasteiger partial charge is 0.220 e. The Balaban J connectivity index is 1.45. The van der Waals surface area contributed by atoms with E-state index in [0.717, 1.165) is 22.5 Å². The molecule has 0 radical (unpaired) electrons. The van der Waals surface area contributed by atoms with Crippen LogP contribution in [0, 0.1) is 0 Å². The third kappa shape index (κ3) is 5.14. The van der Waals surface area contributed by atoms with Gasteiger partial charge in [-0.15, -0.1) is 0 Å². The van der Waals surface area contributed by atoms with Gasteiger partial charge in [-0.1, -0.05) is 78.9 Å². The number of carbonyl (C=O) groups is 2. The fraction of sp³-hybridized carbons (Fsp3) is 0.115. The maximum absolute atomic E-state index is 12.4. The maximum atomic E-state index is 12.4. The Morgan fingerprint density at radius 1 is 0.774 bits per heavy atom. The lowest BCUT2D eigenvalue weighted by molar-refractivity contribution is -0.121. The monoisotopic (exact) mass is 409 g/mol. The minimum absolute atomic E-state index is 0.0300. The first-order valence-electron chi connectivity index (χ1n) is 10.2. The Bertz CT molecular complexity index is 1150. The summed E-state index contributed by atoms with van der Waals surface area (Å²) in [4.78, 5) is 24.6. The lowest BCUT2D eigenvalue weighted by Crippen LogP contribution is -2.23. The number of ketones is 1. The number of nitrogens with one attached hydrogen (secondary N) is 1. The van der Waals surface area contributed by atoms with Crippen LogP contribution in [0.4, 0.5) is 0 Å². The first-order valence-corrected chi connectivity index (χ1v) is 10.2. The Labute approximate surface area is 181 Å². The number of para-hydroxylation sites is 1. The standard InChI is InChI=1S/C26H23N3O2/c30-24(20-10-4-1-5-11-20)16-17-25(31)27-18-22-19-29(23-14-8-3-9-15-23)28-26(22)21-12-6-2-7-13-21/h1-15,19H,16-18H2,(H,27,31). The predicted octanol–water partition coefficient (Wildman–Crippen LogP) is 4.82. The van der Waals surface area contributed by atoms with Crippen molar-refractivity contribution >= 4 is 11.7 Å². The summed E-state index contributed by atoms with van der Waals surface area (Å²) >= 11 is 0. The fourth-order valence-corrected chi connectivity index (χ4v) is 3.37. The predicted molar refractivity (Wildman–Crippen MR) is 121 cm³/mol. The number of amides is 1. The van der Waals surface area contributed by atoms with Crippen molar-refractivity contribution in [3.63, 3.8) is 0 Å². The van der Waals surface area contributed by atoms with Gasteiger partial charge in [-0.3, -0.25) is 9.59 Å². The summed E-state index contributed by atoms with van der Waals surface area (Å²) < 4.78 is 1.82. The zero-order valence-corrected chi connectivity index (χ0v) is 17.1. The summed E-state index contributed by atoms with van der Waals surface area (Å²) in [6.45, 7) is 0.343. The number of rotatable bonds is 8. The highest BCUT2D eigenvalue weighted by Gasteiger charge is 2.14. The van der Waals surface area contributed by atoms with Gasteiger partial charge in [0, 0.05) is 42.3 Å². The summed E-state index contributed by atoms with van der Waals surface area (Å²) in [5.74, 6) is -0.187. The molecule has 1 amide bonds. The van der Waals surface area contributed by atoms with E-state index in [2.05, 4.69) is 5.32 Å². The molecule has 4 rings (SSSR count). The Morgan fingerprint density at radius 3 is 2.06 bits per heavy atom. The van der Waals surface area contributed by atoms with Gasteiger partial charge in [0.05, 0.1) is 11.4 Å². The molecule has 1 N–H and O–H groups in total. The molecule has 0 aliphatic rings. The highest BCUT2D eigenvalue weighted by Crippen LogP contribution is 2.23. The van der Waals surface area contributed by atoms with Crippen LogP contribution in [0.15, 0.2) is 97.2 Å². The average molecular weight is 409 g/mol. The van der Waals surface area contributed by atoms with Crippen molar-refractivity contribution in [2.75, 3.05) is 0 Å². The number of Topliss-reactive ketones (excluding diaryl/α,β-unsaturated/α-hetero) is 1. The number of nitrogens with zero attached hydrogens (tertiary/aromatic N) is 2. The molecule has 0 saturated heterocycles. The number of aromatic nitrogens is 2. The number of hydrogen-bond acceptors (Lipinski definition) is 3. The third-order valence-electron chi connectivity index (χ3n) is 5.01. The van der Waals surface area contributed by atoms with Gasteiger partial charge in [-0.2, -0.15) is 5.10 Å². The molecule has 0 atom stereocenters.